The molecule has 69 valence electrons. The van der Waals surface area contributed by atoms with E-state index in [1.54, 1.807) is 0 Å². The Labute approximate surface area is 72.7 Å². The van der Waals surface area contributed by atoms with Gasteiger partial charge in [-0.25, -0.2) is 0 Å². The van der Waals surface area contributed by atoms with Gasteiger partial charge < -0.3 is 4.74 Å². The topological polar surface area (TPSA) is 46.2 Å². The van der Waals surface area contributed by atoms with E-state index in [4.69, 9.17) is 0 Å². The molecule has 0 spiro atoms. The monoisotopic (exact) mass is 171 g/mol. The van der Waals surface area contributed by atoms with Gasteiger partial charge >= 0.3 is 6.16 Å². The molecule has 1 fully saturated rings. The van der Waals surface area contributed by atoms with Crippen molar-refractivity contribution < 1.29 is 14.6 Å². The second-order valence-corrected chi connectivity index (χ2v) is 3.42. The summed E-state index contributed by atoms with van der Waals surface area (Å²) in [5.41, 5.74) is 0. The highest BCUT2D eigenvalue weighted by atomic mass is 16.7. The van der Waals surface area contributed by atoms with Gasteiger partial charge in [0.1, 0.15) is 0 Å². The summed E-state index contributed by atoms with van der Waals surface area (Å²) in [7, 11) is 0. The fourth-order valence-corrected chi connectivity index (χ4v) is 1.72. The highest BCUT2D eigenvalue weighted by Gasteiger charge is 2.14. The SMILES string of the molecule is [O]C(=O)OCC1CCCCCC1. The van der Waals surface area contributed by atoms with Crippen LogP contribution in [0.4, 0.5) is 4.79 Å². The van der Waals surface area contributed by atoms with Crippen LogP contribution in [0.2, 0.25) is 0 Å². The smallest absolute Gasteiger partial charge is 0.431 e. The number of carbonyl (C=O) groups is 1. The molecule has 0 aromatic carbocycles. The minimum Gasteiger partial charge on any atom is -0.431 e. The zero-order valence-electron chi connectivity index (χ0n) is 7.25. The van der Waals surface area contributed by atoms with Crippen LogP contribution in [-0.2, 0) is 9.84 Å². The van der Waals surface area contributed by atoms with Gasteiger partial charge in [-0.2, -0.15) is 9.90 Å². The van der Waals surface area contributed by atoms with E-state index in [0.717, 1.165) is 12.8 Å². The number of rotatable bonds is 2. The molecule has 0 unspecified atom stereocenters. The lowest BCUT2D eigenvalue weighted by atomic mass is 10.0. The maximum Gasteiger partial charge on any atom is 0.550 e. The van der Waals surface area contributed by atoms with E-state index in [-0.39, 0.29) is 0 Å². The molecule has 0 bridgehead atoms. The molecule has 1 rings (SSSR count). The molecule has 0 aromatic heterocycles. The molecule has 0 atom stereocenters. The van der Waals surface area contributed by atoms with Crippen LogP contribution in [0.15, 0.2) is 0 Å². The standard InChI is InChI=1S/C9H15O3/c10-9(11)12-7-8-5-3-1-2-4-6-8/h8H,1-7H2. The molecule has 0 amide bonds. The molecule has 1 aliphatic carbocycles. The summed E-state index contributed by atoms with van der Waals surface area (Å²) in [5.74, 6) is 0.436. The summed E-state index contributed by atoms with van der Waals surface area (Å²) in [6, 6.07) is 0. The van der Waals surface area contributed by atoms with E-state index in [9.17, 15) is 9.90 Å². The number of carbonyl (C=O) groups excluding carboxylic acids is 1. The molecule has 1 aliphatic rings. The van der Waals surface area contributed by atoms with Gasteiger partial charge in [0.2, 0.25) is 0 Å². The van der Waals surface area contributed by atoms with Crippen molar-refractivity contribution in [3.05, 3.63) is 0 Å². The highest BCUT2D eigenvalue weighted by Crippen LogP contribution is 2.22. The van der Waals surface area contributed by atoms with Crippen molar-refractivity contribution in [2.24, 2.45) is 5.92 Å². The summed E-state index contributed by atoms with van der Waals surface area (Å²) in [6.45, 7) is 0.336. The Bertz CT molecular complexity index is 137. The van der Waals surface area contributed by atoms with Crippen molar-refractivity contribution in [2.45, 2.75) is 38.5 Å². The van der Waals surface area contributed by atoms with Gasteiger partial charge in [0.25, 0.3) is 0 Å². The van der Waals surface area contributed by atoms with Crippen molar-refractivity contribution in [3.63, 3.8) is 0 Å². The molecule has 1 radical (unpaired) electrons. The van der Waals surface area contributed by atoms with Gasteiger partial charge in [0, 0.05) is 0 Å². The van der Waals surface area contributed by atoms with Gasteiger partial charge in [0.05, 0.1) is 6.61 Å². The third-order valence-electron chi connectivity index (χ3n) is 2.41. The first-order valence-electron chi connectivity index (χ1n) is 4.63. The van der Waals surface area contributed by atoms with E-state index in [0.29, 0.717) is 12.5 Å². The zero-order chi connectivity index (χ0) is 8.81. The minimum atomic E-state index is -1.39. The zero-order valence-corrected chi connectivity index (χ0v) is 7.25. The number of ether oxygens (including phenoxy) is 1. The van der Waals surface area contributed by atoms with Gasteiger partial charge in [0.15, 0.2) is 0 Å². The van der Waals surface area contributed by atoms with Gasteiger partial charge in [-0.3, -0.25) is 0 Å². The van der Waals surface area contributed by atoms with E-state index < -0.39 is 6.16 Å². The first-order chi connectivity index (χ1) is 5.79. The van der Waals surface area contributed by atoms with Gasteiger partial charge in [-0.15, -0.1) is 0 Å². The molecular weight excluding hydrogens is 156 g/mol. The molecule has 3 heteroatoms. The van der Waals surface area contributed by atoms with Crippen molar-refractivity contribution >= 4 is 6.16 Å². The molecule has 0 aliphatic heterocycles. The Kier molecular flexibility index (Phi) is 3.91. The molecule has 0 aromatic rings. The molecular formula is C9H15O3. The van der Waals surface area contributed by atoms with E-state index in [2.05, 4.69) is 4.74 Å². The number of hydrogen-bond acceptors (Lipinski definition) is 2. The first kappa shape index (κ1) is 9.36. The summed E-state index contributed by atoms with van der Waals surface area (Å²) in [5, 5.41) is 9.99. The van der Waals surface area contributed by atoms with Crippen LogP contribution in [0.5, 0.6) is 0 Å². The lowest BCUT2D eigenvalue weighted by Gasteiger charge is -2.11. The maximum absolute atomic E-state index is 9.99. The average Bonchev–Trinajstić information content (AvgIpc) is 2.28. The quantitative estimate of drug-likeness (QED) is 0.473. The molecule has 0 heterocycles. The second-order valence-electron chi connectivity index (χ2n) is 3.42. The fraction of sp³-hybridized carbons (Fsp3) is 0.889. The van der Waals surface area contributed by atoms with Crippen LogP contribution in [0, 0.1) is 5.92 Å². The van der Waals surface area contributed by atoms with Crippen LogP contribution in [0.25, 0.3) is 0 Å². The maximum atomic E-state index is 9.99. The predicted octanol–water partition coefficient (Wildman–Crippen LogP) is 2.52. The average molecular weight is 171 g/mol. The van der Waals surface area contributed by atoms with Crippen molar-refractivity contribution in [3.8, 4) is 0 Å². The molecule has 1 saturated carbocycles. The van der Waals surface area contributed by atoms with Crippen LogP contribution < -0.4 is 0 Å². The van der Waals surface area contributed by atoms with Crippen LogP contribution in [0.1, 0.15) is 38.5 Å². The summed E-state index contributed by atoms with van der Waals surface area (Å²) in [4.78, 5) is 9.99. The first-order valence-corrected chi connectivity index (χ1v) is 4.63. The van der Waals surface area contributed by atoms with Crippen LogP contribution >= 0.6 is 0 Å². The number of hydrogen-bond donors (Lipinski definition) is 0. The summed E-state index contributed by atoms with van der Waals surface area (Å²) < 4.78 is 4.44. The summed E-state index contributed by atoms with van der Waals surface area (Å²) in [6.07, 6.45) is 5.80. The largest absolute Gasteiger partial charge is 0.550 e. The van der Waals surface area contributed by atoms with E-state index in [1.165, 1.54) is 25.7 Å². The van der Waals surface area contributed by atoms with Gasteiger partial charge in [-0.05, 0) is 18.8 Å². The van der Waals surface area contributed by atoms with Crippen molar-refractivity contribution in [1.29, 1.82) is 0 Å². The molecule has 0 N–H and O–H groups in total. The Morgan fingerprint density at radius 2 is 1.75 bits per heavy atom. The van der Waals surface area contributed by atoms with Crippen LogP contribution in [-0.4, -0.2) is 12.8 Å². The van der Waals surface area contributed by atoms with Crippen LogP contribution in [0.3, 0.4) is 0 Å². The Hall–Kier alpha value is -0.730. The molecule has 0 saturated heterocycles. The minimum absolute atomic E-state index is 0.336. The highest BCUT2D eigenvalue weighted by molar-refractivity contribution is 5.56. The van der Waals surface area contributed by atoms with E-state index >= 15 is 0 Å². The van der Waals surface area contributed by atoms with Gasteiger partial charge in [-0.1, -0.05) is 25.7 Å². The Morgan fingerprint density at radius 3 is 2.25 bits per heavy atom. The van der Waals surface area contributed by atoms with Crippen molar-refractivity contribution in [2.75, 3.05) is 6.61 Å². The molecule has 12 heavy (non-hydrogen) atoms. The Morgan fingerprint density at radius 1 is 1.17 bits per heavy atom. The normalized spacial score (nSPS) is 20.0. The molecule has 3 nitrogen and oxygen atoms in total. The van der Waals surface area contributed by atoms with Crippen molar-refractivity contribution in [1.82, 2.24) is 0 Å². The Balaban J connectivity index is 2.16. The second kappa shape index (κ2) is 5.01. The predicted molar refractivity (Wildman–Crippen MR) is 43.2 cm³/mol. The lowest BCUT2D eigenvalue weighted by Crippen LogP contribution is -2.11. The lowest BCUT2D eigenvalue weighted by molar-refractivity contribution is 0.0531. The summed E-state index contributed by atoms with van der Waals surface area (Å²) >= 11 is 0. The van der Waals surface area contributed by atoms with E-state index in [1.807, 2.05) is 0 Å². The third-order valence-corrected chi connectivity index (χ3v) is 2.41. The fourth-order valence-electron chi connectivity index (χ4n) is 1.72. The third kappa shape index (κ3) is 3.60.